The highest BCUT2D eigenvalue weighted by molar-refractivity contribution is 5.48. The second-order valence-electron chi connectivity index (χ2n) is 6.36. The van der Waals surface area contributed by atoms with Gasteiger partial charge in [0.2, 0.25) is 5.89 Å². The summed E-state index contributed by atoms with van der Waals surface area (Å²) in [6.45, 7) is 4.06. The van der Waals surface area contributed by atoms with Gasteiger partial charge in [0.25, 0.3) is 5.89 Å². The number of aromatic nitrogens is 3. The summed E-state index contributed by atoms with van der Waals surface area (Å²) >= 11 is 0. The van der Waals surface area contributed by atoms with Gasteiger partial charge < -0.3 is 19.0 Å². The SMILES string of the molecule is Cc1ccc(-c2nnc(CNC[C@@H]3OCCc4ccccc43)o2)n1C. The van der Waals surface area contributed by atoms with Crippen LogP contribution in [0.5, 0.6) is 0 Å². The number of rotatable bonds is 5. The van der Waals surface area contributed by atoms with Crippen LogP contribution in [-0.4, -0.2) is 27.9 Å². The molecule has 1 aliphatic rings. The van der Waals surface area contributed by atoms with Gasteiger partial charge in [-0.1, -0.05) is 24.3 Å². The van der Waals surface area contributed by atoms with E-state index in [-0.39, 0.29) is 6.10 Å². The Balaban J connectivity index is 1.38. The molecule has 130 valence electrons. The molecule has 0 spiro atoms. The van der Waals surface area contributed by atoms with Crippen LogP contribution in [0.1, 0.15) is 28.8 Å². The fourth-order valence-corrected chi connectivity index (χ4v) is 3.21. The molecule has 1 aromatic carbocycles. The molecule has 4 rings (SSSR count). The van der Waals surface area contributed by atoms with Crippen LogP contribution in [-0.2, 0) is 24.8 Å². The quantitative estimate of drug-likeness (QED) is 0.775. The minimum atomic E-state index is 0.0721. The van der Waals surface area contributed by atoms with Crippen molar-refractivity contribution < 1.29 is 9.15 Å². The molecule has 0 fully saturated rings. The number of nitrogens with zero attached hydrogens (tertiary/aromatic N) is 3. The Kier molecular flexibility index (Phi) is 4.38. The minimum Gasteiger partial charge on any atom is -0.418 e. The van der Waals surface area contributed by atoms with Gasteiger partial charge in [0, 0.05) is 19.3 Å². The van der Waals surface area contributed by atoms with Crippen LogP contribution in [0, 0.1) is 6.92 Å². The van der Waals surface area contributed by atoms with E-state index in [0.717, 1.165) is 31.0 Å². The lowest BCUT2D eigenvalue weighted by molar-refractivity contribution is 0.0420. The molecule has 0 unspecified atom stereocenters. The van der Waals surface area contributed by atoms with Gasteiger partial charge in [-0.05, 0) is 36.6 Å². The average molecular weight is 338 g/mol. The Morgan fingerprint density at radius 1 is 1.20 bits per heavy atom. The van der Waals surface area contributed by atoms with E-state index in [9.17, 15) is 0 Å². The van der Waals surface area contributed by atoms with E-state index in [4.69, 9.17) is 9.15 Å². The van der Waals surface area contributed by atoms with Gasteiger partial charge in [0.15, 0.2) is 0 Å². The van der Waals surface area contributed by atoms with Crippen LogP contribution < -0.4 is 5.32 Å². The van der Waals surface area contributed by atoms with Crippen LogP contribution in [0.4, 0.5) is 0 Å². The number of aryl methyl sites for hydroxylation is 1. The lowest BCUT2D eigenvalue weighted by atomic mass is 9.97. The largest absolute Gasteiger partial charge is 0.418 e. The molecule has 2 aromatic heterocycles. The first-order valence-electron chi connectivity index (χ1n) is 8.57. The zero-order chi connectivity index (χ0) is 17.2. The van der Waals surface area contributed by atoms with Gasteiger partial charge >= 0.3 is 0 Å². The van der Waals surface area contributed by atoms with E-state index >= 15 is 0 Å². The molecule has 6 nitrogen and oxygen atoms in total. The molecule has 0 saturated carbocycles. The number of nitrogens with one attached hydrogen (secondary N) is 1. The third kappa shape index (κ3) is 3.23. The van der Waals surface area contributed by atoms with Crippen molar-refractivity contribution in [2.75, 3.05) is 13.2 Å². The number of hydrogen-bond donors (Lipinski definition) is 1. The van der Waals surface area contributed by atoms with E-state index < -0.39 is 0 Å². The summed E-state index contributed by atoms with van der Waals surface area (Å²) in [5.74, 6) is 1.13. The average Bonchev–Trinajstić information content (AvgIpc) is 3.22. The second kappa shape index (κ2) is 6.82. The summed E-state index contributed by atoms with van der Waals surface area (Å²) in [5.41, 5.74) is 4.73. The molecule has 0 bridgehead atoms. The van der Waals surface area contributed by atoms with Gasteiger partial charge in [-0.15, -0.1) is 10.2 Å². The van der Waals surface area contributed by atoms with Crippen LogP contribution in [0.3, 0.4) is 0 Å². The van der Waals surface area contributed by atoms with Gasteiger partial charge in [-0.3, -0.25) is 0 Å². The van der Waals surface area contributed by atoms with Gasteiger partial charge in [-0.2, -0.15) is 0 Å². The molecule has 1 aliphatic heterocycles. The number of hydrogen-bond acceptors (Lipinski definition) is 5. The molecular formula is C19H22N4O2. The highest BCUT2D eigenvalue weighted by Gasteiger charge is 2.20. The van der Waals surface area contributed by atoms with Crippen molar-refractivity contribution in [1.82, 2.24) is 20.1 Å². The normalized spacial score (nSPS) is 16.8. The number of benzene rings is 1. The lowest BCUT2D eigenvalue weighted by Crippen LogP contribution is -2.27. The molecule has 3 heterocycles. The number of ether oxygens (including phenoxy) is 1. The Labute approximate surface area is 146 Å². The standard InChI is InChI=1S/C19H22N4O2/c1-13-7-8-16(23(13)2)19-22-21-18(25-19)12-20-11-17-15-6-4-3-5-14(15)9-10-24-17/h3-8,17,20H,9-12H2,1-2H3/t17-/m0/s1. The fourth-order valence-electron chi connectivity index (χ4n) is 3.21. The Morgan fingerprint density at radius 3 is 2.92 bits per heavy atom. The van der Waals surface area contributed by atoms with E-state index in [1.165, 1.54) is 11.1 Å². The van der Waals surface area contributed by atoms with Crippen LogP contribution in [0.25, 0.3) is 11.6 Å². The first kappa shape index (κ1) is 16.1. The highest BCUT2D eigenvalue weighted by atomic mass is 16.5. The Morgan fingerprint density at radius 2 is 2.08 bits per heavy atom. The van der Waals surface area contributed by atoms with E-state index in [1.54, 1.807) is 0 Å². The third-order valence-electron chi connectivity index (χ3n) is 4.76. The molecule has 25 heavy (non-hydrogen) atoms. The molecule has 0 amide bonds. The van der Waals surface area contributed by atoms with Gasteiger partial charge in [0.1, 0.15) is 5.69 Å². The monoisotopic (exact) mass is 338 g/mol. The molecule has 0 saturated heterocycles. The highest BCUT2D eigenvalue weighted by Crippen LogP contribution is 2.26. The van der Waals surface area contributed by atoms with Crippen molar-refractivity contribution in [3.05, 3.63) is 59.1 Å². The van der Waals surface area contributed by atoms with Crippen molar-refractivity contribution in [3.8, 4) is 11.6 Å². The molecule has 6 heteroatoms. The van der Waals surface area contributed by atoms with Crippen molar-refractivity contribution in [2.24, 2.45) is 7.05 Å². The summed E-state index contributed by atoms with van der Waals surface area (Å²) in [5, 5.41) is 11.7. The molecule has 3 aromatic rings. The van der Waals surface area contributed by atoms with Crippen LogP contribution in [0.2, 0.25) is 0 Å². The maximum absolute atomic E-state index is 5.90. The molecule has 1 atom stereocenters. The second-order valence-corrected chi connectivity index (χ2v) is 6.36. The summed E-state index contributed by atoms with van der Waals surface area (Å²) in [6, 6.07) is 12.5. The van der Waals surface area contributed by atoms with Gasteiger partial charge in [-0.25, -0.2) is 0 Å². The Hall–Kier alpha value is -2.44. The lowest BCUT2D eigenvalue weighted by Gasteiger charge is -2.26. The van der Waals surface area contributed by atoms with Crippen molar-refractivity contribution in [2.45, 2.75) is 26.0 Å². The minimum absolute atomic E-state index is 0.0721. The predicted octanol–water partition coefficient (Wildman–Crippen LogP) is 2.79. The molecule has 1 N–H and O–H groups in total. The Bertz CT molecular complexity index is 868. The maximum Gasteiger partial charge on any atom is 0.264 e. The molecule has 0 radical (unpaired) electrons. The molecular weight excluding hydrogens is 316 g/mol. The summed E-state index contributed by atoms with van der Waals surface area (Å²) in [6.07, 6.45) is 1.05. The zero-order valence-electron chi connectivity index (χ0n) is 14.5. The van der Waals surface area contributed by atoms with E-state index in [1.807, 2.05) is 30.7 Å². The fraction of sp³-hybridized carbons (Fsp3) is 0.368. The zero-order valence-corrected chi connectivity index (χ0v) is 14.5. The van der Waals surface area contributed by atoms with E-state index in [0.29, 0.717) is 18.3 Å². The van der Waals surface area contributed by atoms with Crippen molar-refractivity contribution >= 4 is 0 Å². The maximum atomic E-state index is 5.90. The smallest absolute Gasteiger partial charge is 0.264 e. The van der Waals surface area contributed by atoms with Crippen molar-refractivity contribution in [3.63, 3.8) is 0 Å². The van der Waals surface area contributed by atoms with Gasteiger partial charge in [0.05, 0.1) is 19.3 Å². The molecule has 0 aliphatic carbocycles. The summed E-state index contributed by atoms with van der Waals surface area (Å²) in [4.78, 5) is 0. The van der Waals surface area contributed by atoms with Crippen LogP contribution in [0.15, 0.2) is 40.8 Å². The van der Waals surface area contributed by atoms with Crippen molar-refractivity contribution in [1.29, 1.82) is 0 Å². The first-order valence-corrected chi connectivity index (χ1v) is 8.57. The summed E-state index contributed by atoms with van der Waals surface area (Å²) < 4.78 is 13.7. The number of fused-ring (bicyclic) bond motifs is 1. The van der Waals surface area contributed by atoms with E-state index in [2.05, 4.69) is 39.8 Å². The van der Waals surface area contributed by atoms with Crippen LogP contribution >= 0.6 is 0 Å². The first-order chi connectivity index (χ1) is 12.2. The third-order valence-corrected chi connectivity index (χ3v) is 4.76. The topological polar surface area (TPSA) is 65.1 Å². The summed E-state index contributed by atoms with van der Waals surface area (Å²) in [7, 11) is 1.99. The predicted molar refractivity (Wildman–Crippen MR) is 94.0 cm³/mol.